The lowest BCUT2D eigenvalue weighted by atomic mass is 10.4. The highest BCUT2D eigenvalue weighted by atomic mass is 79.9. The van der Waals surface area contributed by atoms with Gasteiger partial charge in [0.05, 0.1) is 4.47 Å². The SMILES string of the molecule is CC(=O)SC1CC(=O)N(c2nnc(Cl)cc2Br)C1. The zero-order chi connectivity index (χ0) is 13.3. The highest BCUT2D eigenvalue weighted by Gasteiger charge is 2.33. The first-order valence-corrected chi connectivity index (χ1v) is 7.18. The molecule has 1 aliphatic heterocycles. The third-order valence-corrected chi connectivity index (χ3v) is 4.13. The molecule has 8 heteroatoms. The Hall–Kier alpha value is -0.660. The van der Waals surface area contributed by atoms with Crippen LogP contribution in [-0.2, 0) is 9.59 Å². The second kappa shape index (κ2) is 5.54. The fourth-order valence-corrected chi connectivity index (χ4v) is 3.42. The number of rotatable bonds is 2. The maximum atomic E-state index is 11.9. The number of hydrogen-bond donors (Lipinski definition) is 0. The van der Waals surface area contributed by atoms with Crippen LogP contribution in [0, 0.1) is 0 Å². The third-order valence-electron chi connectivity index (χ3n) is 2.38. The molecule has 0 spiro atoms. The normalized spacial score (nSPS) is 19.4. The van der Waals surface area contributed by atoms with Gasteiger partial charge in [-0.15, -0.1) is 10.2 Å². The molecule has 1 unspecified atom stereocenters. The van der Waals surface area contributed by atoms with Crippen molar-refractivity contribution < 1.29 is 9.59 Å². The summed E-state index contributed by atoms with van der Waals surface area (Å²) in [7, 11) is 0. The number of amides is 1. The summed E-state index contributed by atoms with van der Waals surface area (Å²) in [5.41, 5.74) is 0. The van der Waals surface area contributed by atoms with Crippen molar-refractivity contribution in [2.24, 2.45) is 0 Å². The average molecular weight is 351 g/mol. The van der Waals surface area contributed by atoms with Gasteiger partial charge in [-0.2, -0.15) is 0 Å². The molecule has 5 nitrogen and oxygen atoms in total. The van der Waals surface area contributed by atoms with Crippen LogP contribution in [-0.4, -0.2) is 33.0 Å². The Morgan fingerprint density at radius 3 is 2.94 bits per heavy atom. The van der Waals surface area contributed by atoms with Crippen LogP contribution in [0.3, 0.4) is 0 Å². The first-order valence-electron chi connectivity index (χ1n) is 5.13. The molecule has 0 bridgehead atoms. The number of carbonyl (C=O) groups is 2. The summed E-state index contributed by atoms with van der Waals surface area (Å²) >= 11 is 10.2. The largest absolute Gasteiger partial charge is 0.293 e. The fourth-order valence-electron chi connectivity index (χ4n) is 1.72. The average Bonchev–Trinajstić information content (AvgIpc) is 2.58. The van der Waals surface area contributed by atoms with Gasteiger partial charge in [0.1, 0.15) is 0 Å². The summed E-state index contributed by atoms with van der Waals surface area (Å²) < 4.78 is 0.615. The van der Waals surface area contributed by atoms with Crippen molar-refractivity contribution in [3.05, 3.63) is 15.7 Å². The predicted molar refractivity (Wildman–Crippen MR) is 73.8 cm³/mol. The number of halogens is 2. The fraction of sp³-hybridized carbons (Fsp3) is 0.400. The van der Waals surface area contributed by atoms with Crippen molar-refractivity contribution in [3.63, 3.8) is 0 Å². The van der Waals surface area contributed by atoms with E-state index in [0.717, 1.165) is 0 Å². The number of nitrogens with zero attached hydrogens (tertiary/aromatic N) is 3. The lowest BCUT2D eigenvalue weighted by molar-refractivity contribution is -0.117. The summed E-state index contributed by atoms with van der Waals surface area (Å²) in [4.78, 5) is 24.4. The third kappa shape index (κ3) is 3.02. The molecule has 0 saturated carbocycles. The molecule has 0 aromatic carbocycles. The molecule has 1 fully saturated rings. The van der Waals surface area contributed by atoms with Crippen LogP contribution in [0.5, 0.6) is 0 Å². The van der Waals surface area contributed by atoms with E-state index in [1.54, 1.807) is 6.07 Å². The summed E-state index contributed by atoms with van der Waals surface area (Å²) in [6.45, 7) is 1.95. The number of aromatic nitrogens is 2. The molecule has 2 heterocycles. The van der Waals surface area contributed by atoms with E-state index >= 15 is 0 Å². The molecule has 0 radical (unpaired) electrons. The minimum atomic E-state index is -0.0638. The molecule has 1 amide bonds. The maximum absolute atomic E-state index is 11.9. The Morgan fingerprint density at radius 1 is 1.61 bits per heavy atom. The van der Waals surface area contributed by atoms with Crippen molar-refractivity contribution in [1.82, 2.24) is 10.2 Å². The van der Waals surface area contributed by atoms with Gasteiger partial charge < -0.3 is 0 Å². The summed E-state index contributed by atoms with van der Waals surface area (Å²) in [6, 6.07) is 1.59. The molecule has 2 rings (SSSR count). The first kappa shape index (κ1) is 13.8. The van der Waals surface area contributed by atoms with Crippen molar-refractivity contribution in [3.8, 4) is 0 Å². The zero-order valence-electron chi connectivity index (χ0n) is 9.39. The van der Waals surface area contributed by atoms with Crippen molar-refractivity contribution >= 4 is 56.1 Å². The van der Waals surface area contributed by atoms with Gasteiger partial charge in [0.15, 0.2) is 16.1 Å². The monoisotopic (exact) mass is 349 g/mol. The Bertz CT molecular complexity index is 514. The van der Waals surface area contributed by atoms with Crippen LogP contribution in [0.15, 0.2) is 10.5 Å². The second-order valence-corrected chi connectivity index (χ2v) is 6.50. The van der Waals surface area contributed by atoms with Gasteiger partial charge in [0.2, 0.25) is 5.91 Å². The van der Waals surface area contributed by atoms with Crippen LogP contribution in [0.2, 0.25) is 5.15 Å². The van der Waals surface area contributed by atoms with Gasteiger partial charge >= 0.3 is 0 Å². The van der Waals surface area contributed by atoms with E-state index in [-0.39, 0.29) is 21.4 Å². The number of hydrogen-bond acceptors (Lipinski definition) is 5. The van der Waals surface area contributed by atoms with Crippen molar-refractivity contribution in [1.29, 1.82) is 0 Å². The Morgan fingerprint density at radius 2 is 2.33 bits per heavy atom. The molecule has 1 aromatic rings. The van der Waals surface area contributed by atoms with Crippen LogP contribution >= 0.6 is 39.3 Å². The topological polar surface area (TPSA) is 63.2 Å². The highest BCUT2D eigenvalue weighted by Crippen LogP contribution is 2.32. The van der Waals surface area contributed by atoms with Gasteiger partial charge in [-0.1, -0.05) is 23.4 Å². The minimum absolute atomic E-state index is 0.0101. The number of anilines is 1. The molecule has 1 atom stereocenters. The van der Waals surface area contributed by atoms with Gasteiger partial charge in [-0.25, -0.2) is 0 Å². The van der Waals surface area contributed by atoms with E-state index in [2.05, 4.69) is 26.1 Å². The second-order valence-electron chi connectivity index (χ2n) is 3.78. The summed E-state index contributed by atoms with van der Waals surface area (Å²) in [5.74, 6) is 0.377. The van der Waals surface area contributed by atoms with Crippen molar-refractivity contribution in [2.45, 2.75) is 18.6 Å². The first-order chi connectivity index (χ1) is 8.47. The van der Waals surface area contributed by atoms with E-state index in [4.69, 9.17) is 11.6 Å². The van der Waals surface area contributed by atoms with E-state index < -0.39 is 0 Å². The molecular weight excluding hydrogens is 342 g/mol. The standard InChI is InChI=1S/C10H9BrClN3O2S/c1-5(16)18-6-2-9(17)15(4-6)10-7(11)3-8(12)13-14-10/h3,6H,2,4H2,1H3. The molecule has 0 aliphatic carbocycles. The van der Waals surface area contributed by atoms with Gasteiger partial charge in [-0.3, -0.25) is 14.5 Å². The van der Waals surface area contributed by atoms with E-state index in [9.17, 15) is 9.59 Å². The Labute approximate surface area is 121 Å². The van der Waals surface area contributed by atoms with Crippen LogP contribution in [0.1, 0.15) is 13.3 Å². The predicted octanol–water partition coefficient (Wildman–Crippen LogP) is 2.28. The van der Waals surface area contributed by atoms with Gasteiger partial charge in [0.25, 0.3) is 0 Å². The number of carbonyl (C=O) groups excluding carboxylic acids is 2. The molecular formula is C10H9BrClN3O2S. The highest BCUT2D eigenvalue weighted by molar-refractivity contribution is 9.10. The quantitative estimate of drug-likeness (QED) is 0.819. The van der Waals surface area contributed by atoms with Crippen LogP contribution in [0.4, 0.5) is 5.82 Å². The minimum Gasteiger partial charge on any atom is -0.293 e. The summed E-state index contributed by atoms with van der Waals surface area (Å²) in [5, 5.41) is 7.87. The Kier molecular flexibility index (Phi) is 4.24. The zero-order valence-corrected chi connectivity index (χ0v) is 12.5. The number of thioether (sulfide) groups is 1. The van der Waals surface area contributed by atoms with Crippen molar-refractivity contribution in [2.75, 3.05) is 11.4 Å². The molecule has 18 heavy (non-hydrogen) atoms. The molecule has 1 saturated heterocycles. The van der Waals surface area contributed by atoms with E-state index in [1.165, 1.54) is 23.6 Å². The van der Waals surface area contributed by atoms with Crippen LogP contribution in [0.25, 0.3) is 0 Å². The van der Waals surface area contributed by atoms with Crippen LogP contribution < -0.4 is 4.90 Å². The van der Waals surface area contributed by atoms with E-state index in [0.29, 0.717) is 23.3 Å². The molecule has 96 valence electrons. The Balaban J connectivity index is 2.19. The maximum Gasteiger partial charge on any atom is 0.229 e. The smallest absolute Gasteiger partial charge is 0.229 e. The lowest BCUT2D eigenvalue weighted by Crippen LogP contribution is -2.26. The van der Waals surface area contributed by atoms with E-state index in [1.807, 2.05) is 0 Å². The van der Waals surface area contributed by atoms with Gasteiger partial charge in [0, 0.05) is 25.1 Å². The molecule has 1 aromatic heterocycles. The molecule has 1 aliphatic rings. The molecule has 0 N–H and O–H groups in total. The van der Waals surface area contributed by atoms with Gasteiger partial charge in [-0.05, 0) is 22.0 Å². The summed E-state index contributed by atoms with van der Waals surface area (Å²) in [6.07, 6.45) is 0.334. The lowest BCUT2D eigenvalue weighted by Gasteiger charge is -2.15.